The molecule has 16 heavy (non-hydrogen) atoms. The Kier molecular flexibility index (Phi) is 3.56. The zero-order valence-corrected chi connectivity index (χ0v) is 11.4. The number of benzene rings is 1. The van der Waals surface area contributed by atoms with Crippen LogP contribution in [0.3, 0.4) is 0 Å². The molecule has 1 unspecified atom stereocenters. The molecule has 84 valence electrons. The van der Waals surface area contributed by atoms with Crippen molar-refractivity contribution in [1.82, 2.24) is 10.2 Å². The third-order valence-corrected chi connectivity index (χ3v) is 3.91. The molecule has 0 bridgehead atoms. The van der Waals surface area contributed by atoms with Crippen molar-refractivity contribution in [3.63, 3.8) is 0 Å². The van der Waals surface area contributed by atoms with Gasteiger partial charge in [-0.05, 0) is 25.1 Å². The molecule has 1 aromatic heterocycles. The standard InChI is InChI=1S/C10H7BrClFN2S/c1-5(12)9-14-15-10(16-9)7-3-2-6(11)4-8(7)13/h2-5H,1H3. The molecule has 0 saturated heterocycles. The van der Waals surface area contributed by atoms with Gasteiger partial charge in [0.05, 0.1) is 5.38 Å². The molecule has 2 rings (SSSR count). The van der Waals surface area contributed by atoms with Gasteiger partial charge in [-0.25, -0.2) is 4.39 Å². The van der Waals surface area contributed by atoms with E-state index in [-0.39, 0.29) is 11.2 Å². The maximum absolute atomic E-state index is 13.6. The predicted octanol–water partition coefficient (Wildman–Crippen LogP) is 4.41. The molecular formula is C10H7BrClFN2S. The summed E-state index contributed by atoms with van der Waals surface area (Å²) >= 11 is 10.4. The predicted molar refractivity (Wildman–Crippen MR) is 67.3 cm³/mol. The van der Waals surface area contributed by atoms with Crippen LogP contribution in [0.4, 0.5) is 4.39 Å². The Labute approximate surface area is 110 Å². The van der Waals surface area contributed by atoms with E-state index in [1.807, 2.05) is 6.92 Å². The van der Waals surface area contributed by atoms with Crippen LogP contribution in [0.2, 0.25) is 0 Å². The van der Waals surface area contributed by atoms with Gasteiger partial charge in [0.2, 0.25) is 0 Å². The first kappa shape index (κ1) is 12.0. The number of nitrogens with zero attached hydrogens (tertiary/aromatic N) is 2. The van der Waals surface area contributed by atoms with Crippen molar-refractivity contribution in [2.24, 2.45) is 0 Å². The van der Waals surface area contributed by atoms with Crippen LogP contribution >= 0.6 is 38.9 Å². The summed E-state index contributed by atoms with van der Waals surface area (Å²) in [5, 5.41) is 8.88. The average molecular weight is 322 g/mol. The van der Waals surface area contributed by atoms with Gasteiger partial charge in [0.15, 0.2) is 5.01 Å². The van der Waals surface area contributed by atoms with Gasteiger partial charge in [0.1, 0.15) is 10.8 Å². The van der Waals surface area contributed by atoms with Crippen molar-refractivity contribution in [2.45, 2.75) is 12.3 Å². The maximum atomic E-state index is 13.6. The monoisotopic (exact) mass is 320 g/mol. The summed E-state index contributed by atoms with van der Waals surface area (Å²) in [7, 11) is 0. The number of halogens is 3. The van der Waals surface area contributed by atoms with Crippen molar-refractivity contribution >= 4 is 38.9 Å². The number of alkyl halides is 1. The Hall–Kier alpha value is -0.520. The zero-order chi connectivity index (χ0) is 11.7. The summed E-state index contributed by atoms with van der Waals surface area (Å²) < 4.78 is 14.3. The molecule has 0 spiro atoms. The Morgan fingerprint density at radius 3 is 2.75 bits per heavy atom. The van der Waals surface area contributed by atoms with E-state index in [9.17, 15) is 4.39 Å². The van der Waals surface area contributed by atoms with Crippen LogP contribution in [0, 0.1) is 5.82 Å². The van der Waals surface area contributed by atoms with E-state index in [0.717, 1.165) is 0 Å². The molecule has 0 aliphatic heterocycles. The molecule has 1 aromatic carbocycles. The largest absolute Gasteiger partial charge is 0.206 e. The third-order valence-electron chi connectivity index (χ3n) is 1.94. The van der Waals surface area contributed by atoms with Crippen molar-refractivity contribution in [1.29, 1.82) is 0 Å². The van der Waals surface area contributed by atoms with Gasteiger partial charge < -0.3 is 0 Å². The minimum Gasteiger partial charge on any atom is -0.206 e. The first-order chi connectivity index (χ1) is 7.58. The fourth-order valence-electron chi connectivity index (χ4n) is 1.17. The lowest BCUT2D eigenvalue weighted by molar-refractivity contribution is 0.630. The number of hydrogen-bond acceptors (Lipinski definition) is 3. The maximum Gasteiger partial charge on any atom is 0.150 e. The quantitative estimate of drug-likeness (QED) is 0.766. The van der Waals surface area contributed by atoms with Crippen LogP contribution in [0.1, 0.15) is 17.3 Å². The van der Waals surface area contributed by atoms with Gasteiger partial charge in [-0.15, -0.1) is 21.8 Å². The Morgan fingerprint density at radius 1 is 1.44 bits per heavy atom. The second-order valence-electron chi connectivity index (χ2n) is 3.19. The van der Waals surface area contributed by atoms with Crippen molar-refractivity contribution in [2.75, 3.05) is 0 Å². The molecule has 6 heteroatoms. The highest BCUT2D eigenvalue weighted by Gasteiger charge is 2.13. The molecule has 0 radical (unpaired) electrons. The van der Waals surface area contributed by atoms with E-state index in [2.05, 4.69) is 26.1 Å². The lowest BCUT2D eigenvalue weighted by atomic mass is 10.2. The zero-order valence-electron chi connectivity index (χ0n) is 8.25. The number of rotatable bonds is 2. The Morgan fingerprint density at radius 2 is 2.19 bits per heavy atom. The van der Waals surface area contributed by atoms with E-state index in [1.165, 1.54) is 17.4 Å². The molecule has 1 atom stereocenters. The summed E-state index contributed by atoms with van der Waals surface area (Å²) in [6, 6.07) is 4.84. The van der Waals surface area contributed by atoms with Gasteiger partial charge in [-0.3, -0.25) is 0 Å². The molecule has 0 aliphatic carbocycles. The summed E-state index contributed by atoms with van der Waals surface area (Å²) in [5.74, 6) is -0.320. The van der Waals surface area contributed by atoms with Gasteiger partial charge in [0, 0.05) is 10.0 Å². The Balaban J connectivity index is 2.42. The second-order valence-corrected chi connectivity index (χ2v) is 5.77. The summed E-state index contributed by atoms with van der Waals surface area (Å²) in [5.41, 5.74) is 0.448. The second kappa shape index (κ2) is 4.77. The molecule has 0 fully saturated rings. The van der Waals surface area contributed by atoms with Crippen LogP contribution in [0.15, 0.2) is 22.7 Å². The molecule has 2 nitrogen and oxygen atoms in total. The van der Waals surface area contributed by atoms with Crippen LogP contribution in [-0.4, -0.2) is 10.2 Å². The summed E-state index contributed by atoms with van der Waals surface area (Å²) in [6.45, 7) is 1.81. The molecule has 1 heterocycles. The highest BCUT2D eigenvalue weighted by atomic mass is 79.9. The smallest absolute Gasteiger partial charge is 0.150 e. The highest BCUT2D eigenvalue weighted by Crippen LogP contribution is 2.31. The third kappa shape index (κ3) is 2.42. The minimum absolute atomic E-state index is 0.204. The van der Waals surface area contributed by atoms with Gasteiger partial charge >= 0.3 is 0 Å². The first-order valence-corrected chi connectivity index (χ1v) is 6.55. The van der Waals surface area contributed by atoms with Crippen LogP contribution in [0.25, 0.3) is 10.6 Å². The lowest BCUT2D eigenvalue weighted by Gasteiger charge is -1.98. The van der Waals surface area contributed by atoms with Crippen LogP contribution < -0.4 is 0 Å². The highest BCUT2D eigenvalue weighted by molar-refractivity contribution is 9.10. The van der Waals surface area contributed by atoms with Crippen LogP contribution in [-0.2, 0) is 0 Å². The van der Waals surface area contributed by atoms with E-state index < -0.39 is 0 Å². The molecule has 0 N–H and O–H groups in total. The van der Waals surface area contributed by atoms with Gasteiger partial charge in [0.25, 0.3) is 0 Å². The number of hydrogen-bond donors (Lipinski definition) is 0. The van der Waals surface area contributed by atoms with Gasteiger partial charge in [-0.1, -0.05) is 27.3 Å². The molecule has 0 aliphatic rings. The summed E-state index contributed by atoms with van der Waals surface area (Å²) in [4.78, 5) is 0. The normalized spacial score (nSPS) is 12.8. The minimum atomic E-state index is -0.320. The Bertz CT molecular complexity index is 515. The molecule has 0 amide bonds. The fraction of sp³-hybridized carbons (Fsp3) is 0.200. The molecule has 0 saturated carbocycles. The SMILES string of the molecule is CC(Cl)c1nnc(-c2ccc(Br)cc2F)s1. The van der Waals surface area contributed by atoms with E-state index >= 15 is 0 Å². The number of aromatic nitrogens is 2. The van der Waals surface area contributed by atoms with E-state index in [4.69, 9.17) is 11.6 Å². The van der Waals surface area contributed by atoms with Crippen molar-refractivity contribution in [3.8, 4) is 10.6 Å². The van der Waals surface area contributed by atoms with Crippen molar-refractivity contribution < 1.29 is 4.39 Å². The van der Waals surface area contributed by atoms with Gasteiger partial charge in [-0.2, -0.15) is 0 Å². The lowest BCUT2D eigenvalue weighted by Crippen LogP contribution is -1.83. The molecule has 2 aromatic rings. The average Bonchev–Trinajstić information content (AvgIpc) is 2.66. The fourth-order valence-corrected chi connectivity index (χ4v) is 2.48. The van der Waals surface area contributed by atoms with E-state index in [0.29, 0.717) is 20.1 Å². The topological polar surface area (TPSA) is 25.8 Å². The van der Waals surface area contributed by atoms with Crippen molar-refractivity contribution in [3.05, 3.63) is 33.5 Å². The van der Waals surface area contributed by atoms with E-state index in [1.54, 1.807) is 12.1 Å². The van der Waals surface area contributed by atoms with Crippen LogP contribution in [0.5, 0.6) is 0 Å². The summed E-state index contributed by atoms with van der Waals surface area (Å²) in [6.07, 6.45) is 0. The first-order valence-electron chi connectivity index (χ1n) is 4.51. The molecular weight excluding hydrogens is 315 g/mol.